The van der Waals surface area contributed by atoms with E-state index in [9.17, 15) is 14.4 Å². The van der Waals surface area contributed by atoms with Crippen LogP contribution in [0.2, 0.25) is 0 Å². The molecule has 192 valence electrons. The van der Waals surface area contributed by atoms with Crippen molar-refractivity contribution in [2.75, 3.05) is 33.4 Å². The van der Waals surface area contributed by atoms with E-state index in [1.807, 2.05) is 18.2 Å². The van der Waals surface area contributed by atoms with E-state index in [1.165, 1.54) is 38.6 Å². The van der Waals surface area contributed by atoms with Crippen LogP contribution in [0.4, 0.5) is 0 Å². The van der Waals surface area contributed by atoms with E-state index in [-0.39, 0.29) is 18.0 Å². The van der Waals surface area contributed by atoms with E-state index in [1.54, 1.807) is 16.2 Å². The zero-order valence-corrected chi connectivity index (χ0v) is 21.3. The molecule has 2 fully saturated rings. The normalized spacial score (nSPS) is 19.6. The lowest BCUT2D eigenvalue weighted by Gasteiger charge is -2.26. The molecule has 1 aliphatic carbocycles. The van der Waals surface area contributed by atoms with Crippen LogP contribution < -0.4 is 11.0 Å². The Morgan fingerprint density at radius 2 is 1.83 bits per heavy atom. The number of hydrogen-bond acceptors (Lipinski definition) is 5. The van der Waals surface area contributed by atoms with E-state index < -0.39 is 11.9 Å². The molecule has 0 bridgehead atoms. The number of benzene rings is 1. The van der Waals surface area contributed by atoms with Gasteiger partial charge in [0.25, 0.3) is 0 Å². The third-order valence-corrected chi connectivity index (χ3v) is 7.57. The maximum Gasteiger partial charge on any atom is 0.329 e. The highest BCUT2D eigenvalue weighted by molar-refractivity contribution is 6.00. The van der Waals surface area contributed by atoms with Crippen molar-refractivity contribution in [3.05, 3.63) is 34.2 Å². The lowest BCUT2D eigenvalue weighted by atomic mass is 9.89. The molecule has 1 atom stereocenters. The summed E-state index contributed by atoms with van der Waals surface area (Å²) in [6.07, 6.45) is 10.3. The molecule has 2 amide bonds. The predicted molar refractivity (Wildman–Crippen MR) is 136 cm³/mol. The average molecular weight is 485 g/mol. The van der Waals surface area contributed by atoms with Crippen molar-refractivity contribution in [3.8, 4) is 0 Å². The van der Waals surface area contributed by atoms with Crippen LogP contribution in [0.15, 0.2) is 23.0 Å². The van der Waals surface area contributed by atoms with Gasteiger partial charge in [0.1, 0.15) is 6.04 Å². The quantitative estimate of drug-likeness (QED) is 0.391. The van der Waals surface area contributed by atoms with Crippen LogP contribution in [0, 0.1) is 5.92 Å². The lowest BCUT2D eigenvalue weighted by Crippen LogP contribution is -2.44. The van der Waals surface area contributed by atoms with Crippen LogP contribution in [0.1, 0.15) is 69.4 Å². The van der Waals surface area contributed by atoms with Gasteiger partial charge in [-0.1, -0.05) is 31.4 Å². The highest BCUT2D eigenvalue weighted by Crippen LogP contribution is 2.26. The summed E-state index contributed by atoms with van der Waals surface area (Å²) in [6, 6.07) is 5.20. The zero-order valence-electron chi connectivity index (χ0n) is 21.3. The Hall–Kier alpha value is -2.45. The predicted octanol–water partition coefficient (Wildman–Crippen LogP) is 3.17. The summed E-state index contributed by atoms with van der Waals surface area (Å²) in [7, 11) is 3.97. The van der Waals surface area contributed by atoms with Crippen LogP contribution in [0.3, 0.4) is 0 Å². The number of imidazole rings is 1. The van der Waals surface area contributed by atoms with Crippen molar-refractivity contribution < 1.29 is 14.3 Å². The first-order valence-electron chi connectivity index (χ1n) is 13.2. The number of ether oxygens (including phenoxy) is 1. The third kappa shape index (κ3) is 6.22. The summed E-state index contributed by atoms with van der Waals surface area (Å²) >= 11 is 0. The minimum absolute atomic E-state index is 0.226. The van der Waals surface area contributed by atoms with Crippen LogP contribution >= 0.6 is 0 Å². The van der Waals surface area contributed by atoms with E-state index in [4.69, 9.17) is 4.74 Å². The molecule has 2 aliphatic rings. The Bertz CT molecular complexity index is 1080. The molecular weight excluding hydrogens is 444 g/mol. The number of nitrogens with one attached hydrogen (secondary N) is 1. The first-order valence-corrected chi connectivity index (χ1v) is 13.2. The molecular formula is C27H40N4O4. The van der Waals surface area contributed by atoms with Gasteiger partial charge in [-0.05, 0) is 63.1 Å². The number of aryl methyl sites for hydroxylation is 2. The van der Waals surface area contributed by atoms with Gasteiger partial charge in [-0.15, -0.1) is 0 Å². The summed E-state index contributed by atoms with van der Waals surface area (Å²) < 4.78 is 9.07. The van der Waals surface area contributed by atoms with Gasteiger partial charge in [0.15, 0.2) is 0 Å². The fraction of sp³-hybridized carbons (Fsp3) is 0.667. The van der Waals surface area contributed by atoms with Gasteiger partial charge in [0.2, 0.25) is 11.8 Å². The van der Waals surface area contributed by atoms with Crippen LogP contribution in [0.25, 0.3) is 11.0 Å². The van der Waals surface area contributed by atoms with Crippen molar-refractivity contribution >= 4 is 22.8 Å². The molecule has 1 aromatic carbocycles. The van der Waals surface area contributed by atoms with Gasteiger partial charge >= 0.3 is 5.69 Å². The second-order valence-corrected chi connectivity index (χ2v) is 10.3. The largest absolute Gasteiger partial charge is 0.381 e. The number of piperidine rings is 1. The fourth-order valence-electron chi connectivity index (χ4n) is 5.76. The number of amides is 2. The molecule has 1 aromatic heterocycles. The molecule has 8 nitrogen and oxygen atoms in total. The number of fused-ring (bicyclic) bond motifs is 1. The fourth-order valence-corrected chi connectivity index (χ4v) is 5.76. The number of nitrogens with zero attached hydrogens (tertiary/aromatic N) is 3. The monoisotopic (exact) mass is 484 g/mol. The van der Waals surface area contributed by atoms with Crippen molar-refractivity contribution in [2.45, 2.75) is 70.3 Å². The number of aromatic nitrogens is 2. The van der Waals surface area contributed by atoms with Gasteiger partial charge in [-0.2, -0.15) is 0 Å². The SMILES string of the molecule is CN(CCCOCCCc1cccc2c1n(C)c(=O)n2[C@@H]1CCC(=O)NC1=O)CC1CCCCC1. The molecule has 1 N–H and O–H groups in total. The number of para-hydroxylation sites is 1. The Labute approximate surface area is 207 Å². The van der Waals surface area contributed by atoms with Gasteiger partial charge in [-0.3, -0.25) is 24.0 Å². The number of hydrogen-bond donors (Lipinski definition) is 1. The van der Waals surface area contributed by atoms with Crippen molar-refractivity contribution in [1.82, 2.24) is 19.4 Å². The van der Waals surface area contributed by atoms with Crippen molar-refractivity contribution in [3.63, 3.8) is 0 Å². The molecule has 0 radical (unpaired) electrons. The summed E-state index contributed by atoms with van der Waals surface area (Å²) in [5, 5.41) is 2.36. The molecule has 1 saturated heterocycles. The third-order valence-electron chi connectivity index (χ3n) is 7.57. The summed E-state index contributed by atoms with van der Waals surface area (Å²) in [5.74, 6) is 0.188. The number of rotatable bonds is 11. The highest BCUT2D eigenvalue weighted by Gasteiger charge is 2.31. The van der Waals surface area contributed by atoms with Crippen LogP contribution in [-0.4, -0.2) is 59.2 Å². The first kappa shape index (κ1) is 25.6. The minimum atomic E-state index is -0.654. The number of imide groups is 1. The summed E-state index contributed by atoms with van der Waals surface area (Å²) in [6.45, 7) is 3.74. The second kappa shape index (κ2) is 12.0. The smallest absolute Gasteiger partial charge is 0.329 e. The maximum absolute atomic E-state index is 13.0. The molecule has 8 heteroatoms. The Morgan fingerprint density at radius 3 is 2.60 bits per heavy atom. The van der Waals surface area contributed by atoms with Crippen LogP contribution in [-0.2, 0) is 27.8 Å². The zero-order chi connectivity index (χ0) is 24.8. The van der Waals surface area contributed by atoms with E-state index in [0.717, 1.165) is 54.9 Å². The maximum atomic E-state index is 13.0. The van der Waals surface area contributed by atoms with Crippen molar-refractivity contribution in [2.24, 2.45) is 13.0 Å². The molecule has 35 heavy (non-hydrogen) atoms. The van der Waals surface area contributed by atoms with Crippen LogP contribution in [0.5, 0.6) is 0 Å². The standard InChI is InChI=1S/C27H40N4O4/c1-29(19-20-9-4-3-5-10-20)16-8-18-35-17-7-12-21-11-6-13-22-25(21)30(2)27(34)31(22)23-14-15-24(32)28-26(23)33/h6,11,13,20,23H,3-5,7-10,12,14-19H2,1-2H3,(H,28,32,33)/t23-/m1/s1. The lowest BCUT2D eigenvalue weighted by molar-refractivity contribution is -0.135. The highest BCUT2D eigenvalue weighted by atomic mass is 16.5. The summed E-state index contributed by atoms with van der Waals surface area (Å²) in [4.78, 5) is 39.4. The van der Waals surface area contributed by atoms with E-state index >= 15 is 0 Å². The van der Waals surface area contributed by atoms with Gasteiger partial charge in [0.05, 0.1) is 11.0 Å². The molecule has 2 heterocycles. The second-order valence-electron chi connectivity index (χ2n) is 10.3. The Kier molecular flexibility index (Phi) is 8.78. The molecule has 4 rings (SSSR count). The van der Waals surface area contributed by atoms with Gasteiger partial charge < -0.3 is 9.64 Å². The topological polar surface area (TPSA) is 85.6 Å². The summed E-state index contributed by atoms with van der Waals surface area (Å²) in [5.41, 5.74) is 2.44. The number of carbonyl (C=O) groups is 2. The van der Waals surface area contributed by atoms with Gasteiger partial charge in [-0.25, -0.2) is 4.79 Å². The Morgan fingerprint density at radius 1 is 1.06 bits per heavy atom. The molecule has 0 spiro atoms. The first-order chi connectivity index (χ1) is 17.0. The van der Waals surface area contributed by atoms with E-state index in [2.05, 4.69) is 17.3 Å². The van der Waals surface area contributed by atoms with E-state index in [0.29, 0.717) is 13.0 Å². The van der Waals surface area contributed by atoms with Crippen molar-refractivity contribution in [1.29, 1.82) is 0 Å². The molecule has 1 saturated carbocycles. The molecule has 2 aromatic rings. The number of carbonyl (C=O) groups excluding carboxylic acids is 2. The molecule has 1 aliphatic heterocycles. The average Bonchev–Trinajstić information content (AvgIpc) is 3.10. The Balaban J connectivity index is 1.26. The van der Waals surface area contributed by atoms with Gasteiger partial charge in [0, 0.05) is 39.8 Å². The molecule has 0 unspecified atom stereocenters. The minimum Gasteiger partial charge on any atom is -0.381 e.